The zero-order chi connectivity index (χ0) is 21.8. The summed E-state index contributed by atoms with van der Waals surface area (Å²) >= 11 is 0. The lowest BCUT2D eigenvalue weighted by atomic mass is 9.62. The molecule has 0 spiro atoms. The van der Waals surface area contributed by atoms with Gasteiger partial charge in [-0.3, -0.25) is 14.4 Å². The van der Waals surface area contributed by atoms with Gasteiger partial charge in [0.25, 0.3) is 0 Å². The van der Waals surface area contributed by atoms with Gasteiger partial charge in [0.2, 0.25) is 0 Å². The average Bonchev–Trinajstić information content (AvgIpc) is 2.63. The van der Waals surface area contributed by atoms with Crippen molar-refractivity contribution in [3.63, 3.8) is 0 Å². The molecule has 0 saturated heterocycles. The minimum Gasteiger partial charge on any atom is -0.465 e. The molecule has 0 aromatic heterocycles. The molecule has 0 unspecified atom stereocenters. The minimum absolute atomic E-state index is 0.114. The van der Waals surface area contributed by atoms with Crippen LogP contribution in [0.15, 0.2) is 30.3 Å². The lowest BCUT2D eigenvalue weighted by Gasteiger charge is -2.43. The third-order valence-electron chi connectivity index (χ3n) is 5.08. The lowest BCUT2D eigenvalue weighted by Crippen LogP contribution is -2.55. The second kappa shape index (κ2) is 9.53. The van der Waals surface area contributed by atoms with Gasteiger partial charge in [0.15, 0.2) is 5.78 Å². The molecule has 6 heteroatoms. The molecule has 29 heavy (non-hydrogen) atoms. The Balaban J connectivity index is 2.47. The molecule has 1 aromatic rings. The first-order valence-corrected chi connectivity index (χ1v) is 10.2. The summed E-state index contributed by atoms with van der Waals surface area (Å²) in [4.78, 5) is 38.8. The number of ketones is 1. The number of aliphatic hydroxyl groups is 1. The van der Waals surface area contributed by atoms with E-state index in [1.165, 1.54) is 6.92 Å². The standard InChI is InChI=1S/C23H32O6/c1-14(2)12-28-21(25)19-17(24)11-23(5,27)20(22(26)29-13-15(3)4)18(19)16-9-7-6-8-10-16/h6-10,14-15,18-20,27H,11-13H2,1-5H3/t18-,19+,20+,23-/m0/s1. The highest BCUT2D eigenvalue weighted by Gasteiger charge is 2.57. The molecule has 0 heterocycles. The number of Topliss-reactive ketones (excluding diaryl/α,β-unsaturated/α-hetero) is 1. The Hall–Kier alpha value is -2.21. The smallest absolute Gasteiger partial charge is 0.317 e. The number of carbonyl (C=O) groups is 3. The van der Waals surface area contributed by atoms with Crippen LogP contribution < -0.4 is 0 Å². The molecular weight excluding hydrogens is 372 g/mol. The van der Waals surface area contributed by atoms with Gasteiger partial charge in [0.1, 0.15) is 5.92 Å². The molecule has 0 aliphatic heterocycles. The topological polar surface area (TPSA) is 89.9 Å². The monoisotopic (exact) mass is 404 g/mol. The van der Waals surface area contributed by atoms with Gasteiger partial charge in [0.05, 0.1) is 24.7 Å². The van der Waals surface area contributed by atoms with Gasteiger partial charge in [-0.05, 0) is 24.3 Å². The number of ether oxygens (including phenoxy) is 2. The third-order valence-corrected chi connectivity index (χ3v) is 5.08. The highest BCUT2D eigenvalue weighted by molar-refractivity contribution is 6.02. The number of rotatable bonds is 7. The van der Waals surface area contributed by atoms with Crippen LogP contribution in [0.25, 0.3) is 0 Å². The van der Waals surface area contributed by atoms with Crippen molar-refractivity contribution in [2.24, 2.45) is 23.7 Å². The van der Waals surface area contributed by atoms with Gasteiger partial charge in [-0.25, -0.2) is 0 Å². The molecule has 4 atom stereocenters. The first kappa shape index (κ1) is 23.1. The molecule has 1 aliphatic rings. The van der Waals surface area contributed by atoms with E-state index in [1.54, 1.807) is 24.3 Å². The van der Waals surface area contributed by atoms with E-state index in [0.717, 1.165) is 0 Å². The molecule has 2 rings (SSSR count). The summed E-state index contributed by atoms with van der Waals surface area (Å²) in [5.74, 6) is -4.52. The van der Waals surface area contributed by atoms with Crippen LogP contribution in [0.5, 0.6) is 0 Å². The molecule has 0 bridgehead atoms. The summed E-state index contributed by atoms with van der Waals surface area (Å²) in [6.45, 7) is 9.47. The second-order valence-electron chi connectivity index (χ2n) is 8.94. The predicted molar refractivity (Wildman–Crippen MR) is 108 cm³/mol. The molecule has 1 aliphatic carbocycles. The highest BCUT2D eigenvalue weighted by Crippen LogP contribution is 2.46. The molecule has 1 saturated carbocycles. The summed E-state index contributed by atoms with van der Waals surface area (Å²) in [6, 6.07) is 8.87. The Morgan fingerprint density at radius 1 is 1.03 bits per heavy atom. The molecule has 0 amide bonds. The van der Waals surface area contributed by atoms with Crippen molar-refractivity contribution < 1.29 is 29.0 Å². The van der Waals surface area contributed by atoms with Crippen molar-refractivity contribution >= 4 is 17.7 Å². The molecule has 6 nitrogen and oxygen atoms in total. The summed E-state index contributed by atoms with van der Waals surface area (Å²) in [6.07, 6.45) is -0.306. The van der Waals surface area contributed by atoms with Crippen LogP contribution in [-0.4, -0.2) is 41.6 Å². The van der Waals surface area contributed by atoms with Crippen LogP contribution in [0.3, 0.4) is 0 Å². The Labute approximate surface area is 172 Å². The summed E-state index contributed by atoms with van der Waals surface area (Å²) < 4.78 is 10.8. The number of hydrogen-bond acceptors (Lipinski definition) is 6. The first-order chi connectivity index (χ1) is 13.5. The maximum atomic E-state index is 13.0. The van der Waals surface area contributed by atoms with Gasteiger partial charge >= 0.3 is 11.9 Å². The van der Waals surface area contributed by atoms with E-state index in [9.17, 15) is 19.5 Å². The fraction of sp³-hybridized carbons (Fsp3) is 0.609. The first-order valence-electron chi connectivity index (χ1n) is 10.2. The van der Waals surface area contributed by atoms with Crippen LogP contribution in [0.1, 0.15) is 52.5 Å². The lowest BCUT2D eigenvalue weighted by molar-refractivity contribution is -0.173. The number of esters is 2. The van der Waals surface area contributed by atoms with Crippen molar-refractivity contribution in [3.8, 4) is 0 Å². The van der Waals surface area contributed by atoms with Gasteiger partial charge in [0, 0.05) is 12.3 Å². The Morgan fingerprint density at radius 2 is 1.55 bits per heavy atom. The third kappa shape index (κ3) is 5.66. The van der Waals surface area contributed by atoms with Gasteiger partial charge in [-0.15, -0.1) is 0 Å². The van der Waals surface area contributed by atoms with Crippen LogP contribution >= 0.6 is 0 Å². The van der Waals surface area contributed by atoms with E-state index in [-0.39, 0.29) is 31.5 Å². The van der Waals surface area contributed by atoms with Crippen LogP contribution in [0.4, 0.5) is 0 Å². The largest absolute Gasteiger partial charge is 0.465 e. The quantitative estimate of drug-likeness (QED) is 0.555. The van der Waals surface area contributed by atoms with Crippen molar-refractivity contribution in [2.75, 3.05) is 13.2 Å². The maximum Gasteiger partial charge on any atom is 0.317 e. The number of hydrogen-bond donors (Lipinski definition) is 1. The number of carbonyl (C=O) groups excluding carboxylic acids is 3. The minimum atomic E-state index is -1.62. The fourth-order valence-electron chi connectivity index (χ4n) is 3.77. The van der Waals surface area contributed by atoms with Crippen LogP contribution in [0, 0.1) is 23.7 Å². The van der Waals surface area contributed by atoms with E-state index in [0.29, 0.717) is 5.56 Å². The summed E-state index contributed by atoms with van der Waals surface area (Å²) in [5, 5.41) is 11.0. The van der Waals surface area contributed by atoms with Crippen molar-refractivity contribution in [1.82, 2.24) is 0 Å². The van der Waals surface area contributed by atoms with Gasteiger partial charge in [-0.1, -0.05) is 58.0 Å². The van der Waals surface area contributed by atoms with Crippen LogP contribution in [-0.2, 0) is 23.9 Å². The van der Waals surface area contributed by atoms with Crippen molar-refractivity contribution in [3.05, 3.63) is 35.9 Å². The molecule has 0 radical (unpaired) electrons. The Kier molecular flexibility index (Phi) is 7.58. The van der Waals surface area contributed by atoms with E-state index in [4.69, 9.17) is 9.47 Å². The van der Waals surface area contributed by atoms with Gasteiger partial charge < -0.3 is 14.6 Å². The molecule has 1 fully saturated rings. The maximum absolute atomic E-state index is 13.0. The van der Waals surface area contributed by atoms with Gasteiger partial charge in [-0.2, -0.15) is 0 Å². The van der Waals surface area contributed by atoms with Crippen molar-refractivity contribution in [2.45, 2.75) is 52.6 Å². The normalized spacial score (nSPS) is 27.2. The number of benzene rings is 1. The molecule has 1 N–H and O–H groups in total. The molecule has 1 aromatic carbocycles. The molecular formula is C23H32O6. The fourth-order valence-corrected chi connectivity index (χ4v) is 3.77. The van der Waals surface area contributed by atoms with E-state index < -0.39 is 41.1 Å². The summed E-state index contributed by atoms with van der Waals surface area (Å²) in [5.41, 5.74) is -1.00. The summed E-state index contributed by atoms with van der Waals surface area (Å²) in [7, 11) is 0. The predicted octanol–water partition coefficient (Wildman–Crippen LogP) is 3.12. The van der Waals surface area contributed by atoms with Crippen molar-refractivity contribution in [1.29, 1.82) is 0 Å². The van der Waals surface area contributed by atoms with Crippen LogP contribution in [0.2, 0.25) is 0 Å². The zero-order valence-electron chi connectivity index (χ0n) is 17.9. The Morgan fingerprint density at radius 3 is 2.07 bits per heavy atom. The average molecular weight is 405 g/mol. The second-order valence-corrected chi connectivity index (χ2v) is 8.94. The van der Waals surface area contributed by atoms with E-state index in [2.05, 4.69) is 0 Å². The van der Waals surface area contributed by atoms with E-state index in [1.807, 2.05) is 33.8 Å². The highest BCUT2D eigenvalue weighted by atomic mass is 16.5. The SMILES string of the molecule is CC(C)COC(=O)[C@@H]1C(=O)C[C@](C)(O)[C@@H](C(=O)OCC(C)C)[C@H]1c1ccccc1. The molecule has 160 valence electrons. The van der Waals surface area contributed by atoms with E-state index >= 15 is 0 Å². The Bertz CT molecular complexity index is 722. The zero-order valence-corrected chi connectivity index (χ0v) is 17.9.